The van der Waals surface area contributed by atoms with Crippen LogP contribution < -0.4 is 0 Å². The van der Waals surface area contributed by atoms with E-state index in [1.54, 1.807) is 0 Å². The van der Waals surface area contributed by atoms with Crippen LogP contribution in [0.3, 0.4) is 0 Å². The van der Waals surface area contributed by atoms with Gasteiger partial charge >= 0.3 is 0 Å². The molecule has 2 saturated heterocycles. The van der Waals surface area contributed by atoms with Crippen LogP contribution in [0.15, 0.2) is 0 Å². The van der Waals surface area contributed by atoms with Crippen molar-refractivity contribution in [2.45, 2.75) is 62.0 Å². The third kappa shape index (κ3) is 3.44. The Hall–Kier alpha value is -0.170. The number of nitrogens with zero attached hydrogens (tertiary/aromatic N) is 1. The Morgan fingerprint density at radius 3 is 2.81 bits per heavy atom. The Balaban J connectivity index is 1.60. The van der Waals surface area contributed by atoms with E-state index in [1.165, 1.54) is 19.1 Å². The monoisotopic (exact) mass is 317 g/mol. The maximum atomic E-state index is 11.8. The van der Waals surface area contributed by atoms with E-state index in [2.05, 4.69) is 4.90 Å². The van der Waals surface area contributed by atoms with Gasteiger partial charge in [0.2, 0.25) is 0 Å². The van der Waals surface area contributed by atoms with E-state index in [0.717, 1.165) is 32.4 Å². The van der Waals surface area contributed by atoms with Gasteiger partial charge in [0.05, 0.1) is 24.1 Å². The van der Waals surface area contributed by atoms with E-state index in [-0.39, 0.29) is 17.3 Å². The molecule has 0 aromatic carbocycles. The highest BCUT2D eigenvalue weighted by atomic mass is 32.2. The molecular formula is C15H27NO4S. The van der Waals surface area contributed by atoms with E-state index in [4.69, 9.17) is 4.74 Å². The summed E-state index contributed by atoms with van der Waals surface area (Å²) in [5.41, 5.74) is 0. The van der Waals surface area contributed by atoms with Gasteiger partial charge in [-0.25, -0.2) is 8.42 Å². The van der Waals surface area contributed by atoms with Gasteiger partial charge in [0, 0.05) is 18.8 Å². The molecule has 0 spiro atoms. The first-order valence-electron chi connectivity index (χ1n) is 8.17. The molecule has 2 aliphatic heterocycles. The highest BCUT2D eigenvalue weighted by molar-refractivity contribution is 7.91. The second-order valence-corrected chi connectivity index (χ2v) is 9.36. The van der Waals surface area contributed by atoms with Crippen LogP contribution in [-0.4, -0.2) is 67.9 Å². The summed E-state index contributed by atoms with van der Waals surface area (Å²) in [7, 11) is -3.00. The summed E-state index contributed by atoms with van der Waals surface area (Å²) in [5, 5.41) is 10.4. The predicted octanol–water partition coefficient (Wildman–Crippen LogP) is 0.814. The van der Waals surface area contributed by atoms with Crippen LogP contribution in [0.2, 0.25) is 0 Å². The molecule has 0 bridgehead atoms. The lowest BCUT2D eigenvalue weighted by Gasteiger charge is -2.41. The SMILES string of the molecule is CS(=O)(=O)C1CCCC(C(O)C2CN3CCCC3CO2)C1. The molecule has 6 heteroatoms. The van der Waals surface area contributed by atoms with Crippen LogP contribution in [0, 0.1) is 5.92 Å². The molecule has 0 aromatic heterocycles. The zero-order chi connectivity index (χ0) is 15.0. The average Bonchev–Trinajstić information content (AvgIpc) is 2.93. The molecule has 3 rings (SSSR count). The van der Waals surface area contributed by atoms with Crippen molar-refractivity contribution in [3.8, 4) is 0 Å². The van der Waals surface area contributed by atoms with Gasteiger partial charge in [-0.2, -0.15) is 0 Å². The van der Waals surface area contributed by atoms with Gasteiger partial charge < -0.3 is 9.84 Å². The van der Waals surface area contributed by atoms with Crippen molar-refractivity contribution < 1.29 is 18.3 Å². The minimum atomic E-state index is -3.00. The van der Waals surface area contributed by atoms with E-state index in [9.17, 15) is 13.5 Å². The second-order valence-electron chi connectivity index (χ2n) is 7.03. The van der Waals surface area contributed by atoms with Gasteiger partial charge in [-0.15, -0.1) is 0 Å². The summed E-state index contributed by atoms with van der Waals surface area (Å²) in [6.07, 6.45) is 6.18. The minimum Gasteiger partial charge on any atom is -0.390 e. The van der Waals surface area contributed by atoms with Crippen molar-refractivity contribution in [2.24, 2.45) is 5.92 Å². The molecule has 21 heavy (non-hydrogen) atoms. The van der Waals surface area contributed by atoms with E-state index >= 15 is 0 Å². The number of morpholine rings is 1. The van der Waals surface area contributed by atoms with E-state index in [0.29, 0.717) is 19.1 Å². The molecule has 0 aromatic rings. The minimum absolute atomic E-state index is 0.0580. The van der Waals surface area contributed by atoms with Crippen LogP contribution in [0.25, 0.3) is 0 Å². The van der Waals surface area contributed by atoms with Crippen molar-refractivity contribution in [3.63, 3.8) is 0 Å². The normalized spacial score (nSPS) is 39.9. The highest BCUT2D eigenvalue weighted by Gasteiger charge is 2.40. The van der Waals surface area contributed by atoms with Gasteiger partial charge in [-0.1, -0.05) is 6.42 Å². The maximum absolute atomic E-state index is 11.8. The number of ether oxygens (including phenoxy) is 1. The molecular weight excluding hydrogens is 290 g/mol. The Morgan fingerprint density at radius 1 is 1.24 bits per heavy atom. The third-order valence-electron chi connectivity index (χ3n) is 5.55. The number of rotatable bonds is 3. The van der Waals surface area contributed by atoms with Crippen molar-refractivity contribution >= 4 is 9.84 Å². The number of sulfone groups is 1. The number of aliphatic hydroxyl groups excluding tert-OH is 1. The predicted molar refractivity (Wildman–Crippen MR) is 80.9 cm³/mol. The molecule has 3 aliphatic rings. The average molecular weight is 317 g/mol. The summed E-state index contributed by atoms with van der Waals surface area (Å²) in [5.74, 6) is 0.0580. The molecule has 122 valence electrons. The zero-order valence-electron chi connectivity index (χ0n) is 12.8. The van der Waals surface area contributed by atoms with Crippen molar-refractivity contribution in [1.29, 1.82) is 0 Å². The standard InChI is InChI=1S/C15H27NO4S/c1-21(18,19)13-6-2-4-11(8-13)15(17)14-9-16-7-3-5-12(16)10-20-14/h11-15,17H,2-10H2,1H3. The number of hydrogen-bond donors (Lipinski definition) is 1. The molecule has 1 saturated carbocycles. The topological polar surface area (TPSA) is 66.8 Å². The Kier molecular flexibility index (Phi) is 4.60. The lowest BCUT2D eigenvalue weighted by atomic mass is 9.82. The molecule has 5 nitrogen and oxygen atoms in total. The lowest BCUT2D eigenvalue weighted by molar-refractivity contribution is -0.120. The smallest absolute Gasteiger partial charge is 0.150 e. The van der Waals surface area contributed by atoms with Gasteiger partial charge in [0.1, 0.15) is 9.84 Å². The van der Waals surface area contributed by atoms with Crippen LogP contribution in [-0.2, 0) is 14.6 Å². The quantitative estimate of drug-likeness (QED) is 0.834. The van der Waals surface area contributed by atoms with Crippen molar-refractivity contribution in [1.82, 2.24) is 4.90 Å². The van der Waals surface area contributed by atoms with Crippen LogP contribution >= 0.6 is 0 Å². The van der Waals surface area contributed by atoms with Crippen molar-refractivity contribution in [3.05, 3.63) is 0 Å². The van der Waals surface area contributed by atoms with E-state index < -0.39 is 15.9 Å². The van der Waals surface area contributed by atoms with Crippen LogP contribution in [0.1, 0.15) is 38.5 Å². The molecule has 0 amide bonds. The third-order valence-corrected chi connectivity index (χ3v) is 7.19. The summed E-state index contributed by atoms with van der Waals surface area (Å²) >= 11 is 0. The van der Waals surface area contributed by atoms with Crippen LogP contribution in [0.5, 0.6) is 0 Å². The number of aliphatic hydroxyl groups is 1. The molecule has 5 atom stereocenters. The number of hydrogen-bond acceptors (Lipinski definition) is 5. The molecule has 1 N–H and O–H groups in total. The molecule has 1 aliphatic carbocycles. The molecule has 2 heterocycles. The van der Waals surface area contributed by atoms with Gasteiger partial charge in [0.15, 0.2) is 0 Å². The Morgan fingerprint density at radius 2 is 2.05 bits per heavy atom. The molecule has 5 unspecified atom stereocenters. The lowest BCUT2D eigenvalue weighted by Crippen LogP contribution is -2.52. The Labute approximate surface area is 127 Å². The summed E-state index contributed by atoms with van der Waals surface area (Å²) in [4.78, 5) is 2.42. The first kappa shape index (κ1) is 15.7. The molecule has 3 fully saturated rings. The largest absolute Gasteiger partial charge is 0.390 e. The fourth-order valence-electron chi connectivity index (χ4n) is 4.23. The highest BCUT2D eigenvalue weighted by Crippen LogP contribution is 2.34. The summed E-state index contributed by atoms with van der Waals surface area (Å²) < 4.78 is 29.4. The maximum Gasteiger partial charge on any atom is 0.150 e. The van der Waals surface area contributed by atoms with Gasteiger partial charge in [0.25, 0.3) is 0 Å². The second kappa shape index (κ2) is 6.14. The van der Waals surface area contributed by atoms with Gasteiger partial charge in [-0.3, -0.25) is 4.90 Å². The number of fused-ring (bicyclic) bond motifs is 1. The van der Waals surface area contributed by atoms with Crippen LogP contribution in [0.4, 0.5) is 0 Å². The summed E-state index contributed by atoms with van der Waals surface area (Å²) in [6, 6.07) is 0.531. The van der Waals surface area contributed by atoms with Crippen molar-refractivity contribution in [2.75, 3.05) is 26.0 Å². The fraction of sp³-hybridized carbons (Fsp3) is 1.00. The molecule has 0 radical (unpaired) electrons. The first-order chi connectivity index (χ1) is 9.95. The Bertz CT molecular complexity index is 466. The van der Waals surface area contributed by atoms with E-state index in [1.807, 2.05) is 0 Å². The first-order valence-corrected chi connectivity index (χ1v) is 10.1. The zero-order valence-corrected chi connectivity index (χ0v) is 13.6. The van der Waals surface area contributed by atoms with Gasteiger partial charge in [-0.05, 0) is 44.6 Å². The fourth-order valence-corrected chi connectivity index (χ4v) is 5.42. The summed E-state index contributed by atoms with van der Waals surface area (Å²) in [6.45, 7) is 2.61.